The van der Waals surface area contributed by atoms with Gasteiger partial charge in [0.05, 0.1) is 0 Å². The fraction of sp³-hybridized carbons (Fsp3) is 0.889. The van der Waals surface area contributed by atoms with Gasteiger partial charge in [-0.15, -0.1) is 0 Å². The van der Waals surface area contributed by atoms with Crippen LogP contribution in [-0.4, -0.2) is 83.1 Å². The van der Waals surface area contributed by atoms with E-state index in [0.29, 0.717) is 6.54 Å². The highest BCUT2D eigenvalue weighted by atomic mass is 32.3. The van der Waals surface area contributed by atoms with Crippen molar-refractivity contribution in [1.29, 1.82) is 0 Å². The molecule has 1 fully saturated rings. The maximum Gasteiger partial charge on any atom is 0.241 e. The maximum atomic E-state index is 12.1. The lowest BCUT2D eigenvalue weighted by molar-refractivity contribution is -0.133. The molecular formula is C9H19N3O5S2. The van der Waals surface area contributed by atoms with Gasteiger partial charge in [0.15, 0.2) is 14.9 Å². The van der Waals surface area contributed by atoms with E-state index in [-0.39, 0.29) is 19.0 Å². The quantitative estimate of drug-likeness (QED) is 0.625. The number of piperazine rings is 1. The summed E-state index contributed by atoms with van der Waals surface area (Å²) >= 11 is 0. The van der Waals surface area contributed by atoms with Gasteiger partial charge in [0, 0.05) is 40.0 Å². The van der Waals surface area contributed by atoms with Gasteiger partial charge in [-0.05, 0) is 0 Å². The first-order valence-corrected chi connectivity index (χ1v) is 9.31. The van der Waals surface area contributed by atoms with Crippen LogP contribution < -0.4 is 5.32 Å². The molecule has 0 saturated carbocycles. The van der Waals surface area contributed by atoms with Crippen LogP contribution in [0.2, 0.25) is 0 Å². The van der Waals surface area contributed by atoms with Crippen LogP contribution in [0.1, 0.15) is 0 Å². The fourth-order valence-corrected chi connectivity index (χ4v) is 5.49. The molecule has 1 saturated heterocycles. The predicted molar refractivity (Wildman–Crippen MR) is 70.7 cm³/mol. The van der Waals surface area contributed by atoms with E-state index in [2.05, 4.69) is 5.32 Å². The highest BCUT2D eigenvalue weighted by Gasteiger charge is 2.38. The fourth-order valence-electron chi connectivity index (χ4n) is 1.87. The molecule has 1 unspecified atom stereocenters. The van der Waals surface area contributed by atoms with Gasteiger partial charge < -0.3 is 10.2 Å². The Labute approximate surface area is 113 Å². The van der Waals surface area contributed by atoms with Crippen molar-refractivity contribution in [2.45, 2.75) is 6.04 Å². The van der Waals surface area contributed by atoms with Crippen LogP contribution in [0.3, 0.4) is 0 Å². The van der Waals surface area contributed by atoms with E-state index in [9.17, 15) is 21.6 Å². The van der Waals surface area contributed by atoms with Gasteiger partial charge in [-0.2, -0.15) is 4.31 Å². The topological polar surface area (TPSA) is 104 Å². The van der Waals surface area contributed by atoms with Crippen LogP contribution >= 0.6 is 0 Å². The van der Waals surface area contributed by atoms with Crippen LogP contribution in [0.15, 0.2) is 0 Å². The second-order valence-electron chi connectivity index (χ2n) is 4.72. The van der Waals surface area contributed by atoms with E-state index in [4.69, 9.17) is 0 Å². The number of sulfone groups is 1. The van der Waals surface area contributed by atoms with Crippen molar-refractivity contribution in [2.24, 2.45) is 0 Å². The minimum Gasteiger partial charge on any atom is -0.347 e. The largest absolute Gasteiger partial charge is 0.347 e. The first-order chi connectivity index (χ1) is 8.54. The number of carbonyl (C=O) groups excluding carboxylic acids is 1. The lowest BCUT2D eigenvalue weighted by Crippen LogP contribution is -2.59. The number of amides is 1. The van der Waals surface area contributed by atoms with Gasteiger partial charge in [-0.25, -0.2) is 16.8 Å². The van der Waals surface area contributed by atoms with E-state index in [1.165, 1.54) is 19.0 Å². The summed E-state index contributed by atoms with van der Waals surface area (Å²) in [5.74, 6) is -0.371. The van der Waals surface area contributed by atoms with E-state index >= 15 is 0 Å². The minimum atomic E-state index is -4.01. The summed E-state index contributed by atoms with van der Waals surface area (Å²) in [5.41, 5.74) is 0. The summed E-state index contributed by atoms with van der Waals surface area (Å²) in [5, 5.41) is 1.96. The van der Waals surface area contributed by atoms with Crippen molar-refractivity contribution in [3.63, 3.8) is 0 Å². The number of nitrogens with zero attached hydrogens (tertiary/aromatic N) is 2. The Kier molecular flexibility index (Phi) is 4.93. The Morgan fingerprint density at radius 3 is 2.37 bits per heavy atom. The number of carbonyl (C=O) groups is 1. The summed E-state index contributed by atoms with van der Waals surface area (Å²) < 4.78 is 47.5. The van der Waals surface area contributed by atoms with Crippen LogP contribution in [0.4, 0.5) is 0 Å². The molecule has 112 valence electrons. The molecule has 1 atom stereocenters. The average molecular weight is 313 g/mol. The Morgan fingerprint density at radius 2 is 1.89 bits per heavy atom. The average Bonchev–Trinajstić information content (AvgIpc) is 2.24. The smallest absolute Gasteiger partial charge is 0.241 e. The number of hydrogen-bond donors (Lipinski definition) is 1. The molecule has 8 nitrogen and oxygen atoms in total. The van der Waals surface area contributed by atoms with Crippen molar-refractivity contribution >= 4 is 25.8 Å². The Hall–Kier alpha value is -0.710. The molecule has 0 aliphatic carbocycles. The van der Waals surface area contributed by atoms with E-state index in [1.54, 1.807) is 0 Å². The van der Waals surface area contributed by atoms with Crippen molar-refractivity contribution < 1.29 is 21.6 Å². The maximum absolute atomic E-state index is 12.1. The number of rotatable bonds is 4. The van der Waals surface area contributed by atoms with E-state index < -0.39 is 31.0 Å². The Morgan fingerprint density at radius 1 is 1.32 bits per heavy atom. The Bertz CT molecular complexity index is 540. The standard InChI is InChI=1S/C9H19N3O5S2/c1-11(2)9(13)8-6-10-4-5-12(8)19(16,17)7-18(3,14)15/h8,10H,4-7H2,1-3H3. The summed E-state index contributed by atoms with van der Waals surface area (Å²) in [6.45, 7) is 0.655. The van der Waals surface area contributed by atoms with Gasteiger partial charge in [0.25, 0.3) is 0 Å². The monoisotopic (exact) mass is 313 g/mol. The zero-order valence-corrected chi connectivity index (χ0v) is 12.8. The molecule has 0 bridgehead atoms. The van der Waals surface area contributed by atoms with Gasteiger partial charge in [0.1, 0.15) is 6.04 Å². The second kappa shape index (κ2) is 5.73. The van der Waals surface area contributed by atoms with Crippen LogP contribution in [0.5, 0.6) is 0 Å². The zero-order valence-electron chi connectivity index (χ0n) is 11.2. The normalized spacial score (nSPS) is 22.2. The molecule has 1 rings (SSSR count). The van der Waals surface area contributed by atoms with Gasteiger partial charge in [-0.1, -0.05) is 0 Å². The van der Waals surface area contributed by atoms with Gasteiger partial charge >= 0.3 is 0 Å². The molecule has 1 aliphatic rings. The molecule has 1 amide bonds. The van der Waals surface area contributed by atoms with Crippen molar-refractivity contribution in [1.82, 2.24) is 14.5 Å². The lowest BCUT2D eigenvalue weighted by Gasteiger charge is -2.35. The van der Waals surface area contributed by atoms with Gasteiger partial charge in [0.2, 0.25) is 15.9 Å². The predicted octanol–water partition coefficient (Wildman–Crippen LogP) is -2.32. The molecule has 0 radical (unpaired) electrons. The summed E-state index contributed by atoms with van der Waals surface area (Å²) in [6.07, 6.45) is 0.857. The SMILES string of the molecule is CN(C)C(=O)C1CNCCN1S(=O)(=O)CS(C)(=O)=O. The summed E-state index contributed by atoms with van der Waals surface area (Å²) in [4.78, 5) is 13.2. The minimum absolute atomic E-state index is 0.0854. The number of likely N-dealkylation sites (N-methyl/N-ethyl adjacent to an activating group) is 1. The van der Waals surface area contributed by atoms with Crippen molar-refractivity contribution in [2.75, 3.05) is 45.1 Å². The van der Waals surface area contributed by atoms with Crippen LogP contribution in [0, 0.1) is 0 Å². The van der Waals surface area contributed by atoms with E-state index in [1.807, 2.05) is 0 Å². The van der Waals surface area contributed by atoms with E-state index in [0.717, 1.165) is 10.6 Å². The molecular weight excluding hydrogens is 294 g/mol. The first-order valence-electron chi connectivity index (χ1n) is 5.64. The van der Waals surface area contributed by atoms with Crippen LogP contribution in [-0.2, 0) is 24.7 Å². The Balaban J connectivity index is 3.04. The molecule has 1 N–H and O–H groups in total. The second-order valence-corrected chi connectivity index (χ2v) is 9.15. The first kappa shape index (κ1) is 16.3. The third kappa shape index (κ3) is 4.41. The molecule has 0 spiro atoms. The molecule has 0 aromatic heterocycles. The zero-order chi connectivity index (χ0) is 14.8. The molecule has 0 aromatic rings. The third-order valence-electron chi connectivity index (χ3n) is 2.64. The molecule has 1 heterocycles. The van der Waals surface area contributed by atoms with Crippen molar-refractivity contribution in [3.8, 4) is 0 Å². The van der Waals surface area contributed by atoms with Gasteiger partial charge in [-0.3, -0.25) is 4.79 Å². The van der Waals surface area contributed by atoms with Crippen molar-refractivity contribution in [3.05, 3.63) is 0 Å². The summed E-state index contributed by atoms with van der Waals surface area (Å²) in [7, 11) is -4.63. The highest BCUT2D eigenvalue weighted by Crippen LogP contribution is 2.13. The third-order valence-corrected chi connectivity index (χ3v) is 6.70. The number of hydrogen-bond acceptors (Lipinski definition) is 6. The molecule has 19 heavy (non-hydrogen) atoms. The molecule has 0 aromatic carbocycles. The lowest BCUT2D eigenvalue weighted by atomic mass is 10.2. The number of sulfonamides is 1. The van der Waals surface area contributed by atoms with Crippen LogP contribution in [0.25, 0.3) is 0 Å². The number of nitrogens with one attached hydrogen (secondary N) is 1. The highest BCUT2D eigenvalue weighted by molar-refractivity contribution is 8.06. The summed E-state index contributed by atoms with van der Waals surface area (Å²) in [6, 6.07) is -0.893. The molecule has 1 aliphatic heterocycles. The molecule has 10 heteroatoms.